The molecule has 84 valence electrons. The Bertz CT molecular complexity index is 354. The molecule has 0 atom stereocenters. The van der Waals surface area contributed by atoms with Crippen LogP contribution in [0.25, 0.3) is 0 Å². The van der Waals surface area contributed by atoms with E-state index in [9.17, 15) is 22.0 Å². The molecule has 1 aromatic rings. The number of hydrogen-bond acceptors (Lipinski definition) is 2. The van der Waals surface area contributed by atoms with Crippen molar-refractivity contribution >= 4 is 22.6 Å². The van der Waals surface area contributed by atoms with Crippen molar-refractivity contribution in [3.63, 3.8) is 0 Å². The fraction of sp³-hybridized carbons (Fsp3) is 0.286. The first-order chi connectivity index (χ1) is 6.79. The fourth-order valence-electron chi connectivity index (χ4n) is 0.790. The van der Waals surface area contributed by atoms with E-state index in [0.717, 1.165) is 6.07 Å². The van der Waals surface area contributed by atoms with Crippen LogP contribution in [0.3, 0.4) is 0 Å². The Kier molecular flexibility index (Phi) is 3.68. The minimum atomic E-state index is -4.68. The highest BCUT2D eigenvalue weighted by molar-refractivity contribution is 14.1. The van der Waals surface area contributed by atoms with E-state index in [4.69, 9.17) is 0 Å². The van der Waals surface area contributed by atoms with Gasteiger partial charge in [-0.2, -0.15) is 22.0 Å². The van der Waals surface area contributed by atoms with Gasteiger partial charge in [0.05, 0.1) is 0 Å². The summed E-state index contributed by atoms with van der Waals surface area (Å²) in [5.74, 6) is -0.559. The van der Waals surface area contributed by atoms with E-state index in [1.165, 1.54) is 22.6 Å². The molecule has 0 aliphatic heterocycles. The van der Waals surface area contributed by atoms with Gasteiger partial charge in [0.15, 0.2) is 0 Å². The zero-order valence-electron chi connectivity index (χ0n) is 6.86. The van der Waals surface area contributed by atoms with E-state index in [1.807, 2.05) is 0 Å². The lowest BCUT2D eigenvalue weighted by Gasteiger charge is -2.09. The van der Waals surface area contributed by atoms with Crippen molar-refractivity contribution in [2.24, 2.45) is 0 Å². The zero-order valence-corrected chi connectivity index (χ0v) is 9.01. The average molecular weight is 339 g/mol. The summed E-state index contributed by atoms with van der Waals surface area (Å²) in [5.41, 5.74) is -1.26. The number of ether oxygens (including phenoxy) is 1. The number of rotatable bonds is 2. The van der Waals surface area contributed by atoms with Crippen molar-refractivity contribution in [3.05, 3.63) is 21.5 Å². The molecule has 1 rings (SSSR count). The van der Waals surface area contributed by atoms with Crippen molar-refractivity contribution in [1.29, 1.82) is 0 Å². The molecular formula is C7H3F5INO. The lowest BCUT2D eigenvalue weighted by molar-refractivity contribution is -0.141. The van der Waals surface area contributed by atoms with Gasteiger partial charge in [-0.3, -0.25) is 0 Å². The molecule has 0 unspecified atom stereocenters. The molecule has 0 spiro atoms. The molecule has 0 saturated heterocycles. The second-order valence-corrected chi connectivity index (χ2v) is 3.49. The van der Waals surface area contributed by atoms with E-state index < -0.39 is 24.2 Å². The first-order valence-corrected chi connectivity index (χ1v) is 4.56. The third-order valence-corrected chi connectivity index (χ3v) is 1.84. The summed E-state index contributed by atoms with van der Waals surface area (Å²) in [4.78, 5) is 3.15. The summed E-state index contributed by atoms with van der Waals surface area (Å²) in [7, 11) is 0. The van der Waals surface area contributed by atoms with Gasteiger partial charge in [-0.25, -0.2) is 4.98 Å². The van der Waals surface area contributed by atoms with E-state index in [-0.39, 0.29) is 3.70 Å². The second-order valence-electron chi connectivity index (χ2n) is 2.39. The molecule has 0 saturated carbocycles. The first-order valence-electron chi connectivity index (χ1n) is 3.48. The summed E-state index contributed by atoms with van der Waals surface area (Å²) in [6.07, 6.45) is -4.68. The third-order valence-electron chi connectivity index (χ3n) is 1.28. The van der Waals surface area contributed by atoms with Crippen molar-refractivity contribution in [3.8, 4) is 5.75 Å². The Balaban J connectivity index is 3.06. The van der Waals surface area contributed by atoms with Gasteiger partial charge < -0.3 is 4.74 Å². The first kappa shape index (κ1) is 12.4. The highest BCUT2D eigenvalue weighted by Gasteiger charge is 2.33. The van der Waals surface area contributed by atoms with Crippen LogP contribution < -0.4 is 4.74 Å². The molecule has 2 nitrogen and oxygen atoms in total. The predicted molar refractivity (Wildman–Crippen MR) is 48.6 cm³/mol. The molecule has 0 aliphatic rings. The maximum absolute atomic E-state index is 12.2. The fourth-order valence-corrected chi connectivity index (χ4v) is 1.36. The molecule has 1 aromatic heterocycles. The van der Waals surface area contributed by atoms with Crippen molar-refractivity contribution < 1.29 is 26.7 Å². The van der Waals surface area contributed by atoms with E-state index in [1.54, 1.807) is 0 Å². The van der Waals surface area contributed by atoms with Crippen LogP contribution in [-0.4, -0.2) is 11.6 Å². The van der Waals surface area contributed by atoms with Gasteiger partial charge in [0.1, 0.15) is 15.1 Å². The number of nitrogens with zero attached hydrogens (tertiary/aromatic N) is 1. The lowest BCUT2D eigenvalue weighted by Crippen LogP contribution is -2.10. The number of alkyl halides is 5. The SMILES string of the molecule is FC(F)Oc1cc(I)nc(C(F)(F)F)c1. The summed E-state index contributed by atoms with van der Waals surface area (Å²) in [5, 5.41) is 0. The van der Waals surface area contributed by atoms with Gasteiger partial charge in [0.2, 0.25) is 0 Å². The normalized spacial score (nSPS) is 11.9. The topological polar surface area (TPSA) is 22.1 Å². The van der Waals surface area contributed by atoms with Crippen LogP contribution in [0.2, 0.25) is 0 Å². The average Bonchev–Trinajstić information content (AvgIpc) is 1.99. The van der Waals surface area contributed by atoms with Gasteiger partial charge in [0.25, 0.3) is 0 Å². The molecule has 0 radical (unpaired) electrons. The van der Waals surface area contributed by atoms with Crippen LogP contribution in [0.1, 0.15) is 5.69 Å². The Morgan fingerprint density at radius 2 is 1.87 bits per heavy atom. The smallest absolute Gasteiger partial charge is 0.433 e. The molecule has 0 aliphatic carbocycles. The predicted octanol–water partition coefficient (Wildman–Crippen LogP) is 3.31. The summed E-state index contributed by atoms with van der Waals surface area (Å²) < 4.78 is 63.8. The van der Waals surface area contributed by atoms with E-state index in [0.29, 0.717) is 6.07 Å². The summed E-state index contributed by atoms with van der Waals surface area (Å²) in [6, 6.07) is 1.41. The number of aromatic nitrogens is 1. The maximum atomic E-state index is 12.2. The van der Waals surface area contributed by atoms with Crippen molar-refractivity contribution in [2.75, 3.05) is 0 Å². The molecule has 15 heavy (non-hydrogen) atoms. The molecule has 0 fully saturated rings. The van der Waals surface area contributed by atoms with Crippen LogP contribution in [-0.2, 0) is 6.18 Å². The molecule has 8 heteroatoms. The molecule has 0 amide bonds. The number of pyridine rings is 1. The summed E-state index contributed by atoms with van der Waals surface area (Å²) in [6.45, 7) is -3.16. The van der Waals surface area contributed by atoms with Crippen LogP contribution >= 0.6 is 22.6 Å². The van der Waals surface area contributed by atoms with Crippen molar-refractivity contribution in [1.82, 2.24) is 4.98 Å². The Hall–Kier alpha value is -0.670. The quantitative estimate of drug-likeness (QED) is 0.469. The summed E-state index contributed by atoms with van der Waals surface area (Å²) >= 11 is 1.48. The van der Waals surface area contributed by atoms with Crippen LogP contribution in [0.4, 0.5) is 22.0 Å². The van der Waals surface area contributed by atoms with Gasteiger partial charge >= 0.3 is 12.8 Å². The van der Waals surface area contributed by atoms with E-state index in [2.05, 4.69) is 9.72 Å². The monoisotopic (exact) mass is 339 g/mol. The molecule has 1 heterocycles. The maximum Gasteiger partial charge on any atom is 0.433 e. The Morgan fingerprint density at radius 3 is 2.33 bits per heavy atom. The molecule has 0 bridgehead atoms. The number of halogens is 6. The Labute approximate surface area is 94.6 Å². The second kappa shape index (κ2) is 4.45. The highest BCUT2D eigenvalue weighted by atomic mass is 127. The van der Waals surface area contributed by atoms with Gasteiger partial charge in [0, 0.05) is 12.1 Å². The molecular weight excluding hydrogens is 336 g/mol. The van der Waals surface area contributed by atoms with Gasteiger partial charge in [-0.1, -0.05) is 0 Å². The minimum Gasteiger partial charge on any atom is -0.435 e. The lowest BCUT2D eigenvalue weighted by atomic mass is 10.3. The number of hydrogen-bond donors (Lipinski definition) is 0. The van der Waals surface area contributed by atoms with E-state index >= 15 is 0 Å². The molecule has 0 N–H and O–H groups in total. The van der Waals surface area contributed by atoms with Crippen LogP contribution in [0.5, 0.6) is 5.75 Å². The Morgan fingerprint density at radius 1 is 1.27 bits per heavy atom. The standard InChI is InChI=1S/C7H3F5INO/c8-6(9)15-3-1-4(7(10,11)12)14-5(13)2-3/h1-2,6H. The van der Waals surface area contributed by atoms with Crippen LogP contribution in [0, 0.1) is 3.70 Å². The van der Waals surface area contributed by atoms with Gasteiger partial charge in [-0.15, -0.1) is 0 Å². The van der Waals surface area contributed by atoms with Gasteiger partial charge in [-0.05, 0) is 22.6 Å². The van der Waals surface area contributed by atoms with Crippen LogP contribution in [0.15, 0.2) is 12.1 Å². The third kappa shape index (κ3) is 3.76. The highest BCUT2D eigenvalue weighted by Crippen LogP contribution is 2.31. The minimum absolute atomic E-state index is 0.0712. The van der Waals surface area contributed by atoms with Crippen molar-refractivity contribution in [2.45, 2.75) is 12.8 Å². The zero-order chi connectivity index (χ0) is 11.6. The molecule has 0 aromatic carbocycles. The largest absolute Gasteiger partial charge is 0.435 e.